The molecule has 0 amide bonds. The van der Waals surface area contributed by atoms with Gasteiger partial charge < -0.3 is 9.80 Å². The van der Waals surface area contributed by atoms with E-state index in [4.69, 9.17) is 1.37 Å². The standard InChI is InChI=1S/C25H26N6O/c1-29-7-9-31(10-8-29)25-13-19(5-6-26-25)24(32)14-23-12-21-11-18(3-4-20(21)15-27-23)22-16-28-30(2)17-22/h3-6,11-13,15-17H,7-10,14H2,1-2H3/i15D. The third-order valence-electron chi connectivity index (χ3n) is 5.97. The number of nitrogens with zero attached hydrogens (tertiary/aromatic N) is 6. The molecule has 0 unspecified atom stereocenters. The van der Waals surface area contributed by atoms with E-state index >= 15 is 0 Å². The molecular weight excluding hydrogens is 400 g/mol. The number of aromatic nitrogens is 4. The van der Waals surface area contributed by atoms with Crippen LogP contribution >= 0.6 is 0 Å². The van der Waals surface area contributed by atoms with Crippen LogP contribution < -0.4 is 4.90 Å². The maximum Gasteiger partial charge on any atom is 0.169 e. The van der Waals surface area contributed by atoms with E-state index in [-0.39, 0.29) is 18.4 Å². The van der Waals surface area contributed by atoms with E-state index in [1.807, 2.05) is 49.8 Å². The van der Waals surface area contributed by atoms with Crippen molar-refractivity contribution in [1.82, 2.24) is 24.6 Å². The maximum atomic E-state index is 13.1. The molecule has 1 aliphatic rings. The second-order valence-corrected chi connectivity index (χ2v) is 8.36. The highest BCUT2D eigenvalue weighted by atomic mass is 16.1. The molecule has 0 aliphatic carbocycles. The normalized spacial score (nSPS) is 15.2. The Balaban J connectivity index is 1.39. The van der Waals surface area contributed by atoms with Gasteiger partial charge in [-0.2, -0.15) is 5.10 Å². The van der Waals surface area contributed by atoms with Crippen molar-refractivity contribution < 1.29 is 6.17 Å². The van der Waals surface area contributed by atoms with Crippen LogP contribution in [0.4, 0.5) is 5.82 Å². The van der Waals surface area contributed by atoms with Gasteiger partial charge in [-0.25, -0.2) is 4.98 Å². The molecule has 1 aliphatic heterocycles. The first kappa shape index (κ1) is 19.1. The van der Waals surface area contributed by atoms with Gasteiger partial charge in [-0.15, -0.1) is 0 Å². The summed E-state index contributed by atoms with van der Waals surface area (Å²) in [5.74, 6) is 0.810. The quantitative estimate of drug-likeness (QED) is 0.456. The Kier molecular flexibility index (Phi) is 5.09. The molecule has 7 heteroatoms. The predicted octanol–water partition coefficient (Wildman–Crippen LogP) is 3.21. The second-order valence-electron chi connectivity index (χ2n) is 8.36. The lowest BCUT2D eigenvalue weighted by molar-refractivity contribution is 0.0992. The molecule has 0 spiro atoms. The fourth-order valence-electron chi connectivity index (χ4n) is 4.04. The lowest BCUT2D eigenvalue weighted by atomic mass is 10.0. The number of hydrogen-bond acceptors (Lipinski definition) is 6. The first-order valence-corrected chi connectivity index (χ1v) is 10.8. The molecule has 1 fully saturated rings. The number of hydrogen-bond donors (Lipinski definition) is 0. The van der Waals surface area contributed by atoms with Gasteiger partial charge in [-0.05, 0) is 42.3 Å². The van der Waals surface area contributed by atoms with Crippen molar-refractivity contribution in [2.45, 2.75) is 6.42 Å². The van der Waals surface area contributed by atoms with Crippen LogP contribution in [-0.2, 0) is 13.5 Å². The lowest BCUT2D eigenvalue weighted by Gasteiger charge is -2.33. The van der Waals surface area contributed by atoms with E-state index in [1.54, 1.807) is 16.9 Å². The van der Waals surface area contributed by atoms with Gasteiger partial charge in [0.1, 0.15) is 5.82 Å². The zero-order chi connectivity index (χ0) is 22.9. The van der Waals surface area contributed by atoms with Crippen molar-refractivity contribution in [2.24, 2.45) is 7.05 Å². The van der Waals surface area contributed by atoms with Crippen LogP contribution in [-0.4, -0.2) is 63.7 Å². The molecule has 7 nitrogen and oxygen atoms in total. The Hall–Kier alpha value is -3.58. The van der Waals surface area contributed by atoms with Crippen LogP contribution in [0.2, 0.25) is 0 Å². The summed E-state index contributed by atoms with van der Waals surface area (Å²) in [6.07, 6.45) is 5.79. The highest BCUT2D eigenvalue weighted by molar-refractivity contribution is 5.98. The number of piperazine rings is 1. The summed E-state index contributed by atoms with van der Waals surface area (Å²) < 4.78 is 10.1. The highest BCUT2D eigenvalue weighted by Crippen LogP contribution is 2.24. The minimum atomic E-state index is -0.0255. The first-order valence-electron chi connectivity index (χ1n) is 11.3. The topological polar surface area (TPSA) is 67.2 Å². The Bertz CT molecular complexity index is 1330. The number of Topliss-reactive ketones (excluding diaryl/α,β-unsaturated/α-hetero) is 1. The predicted molar refractivity (Wildman–Crippen MR) is 126 cm³/mol. The molecule has 162 valence electrons. The number of fused-ring (bicyclic) bond motifs is 1. The molecule has 0 bridgehead atoms. The molecular formula is C25H26N6O. The Morgan fingerprint density at radius 3 is 2.62 bits per heavy atom. The van der Waals surface area contributed by atoms with Gasteiger partial charge in [-0.1, -0.05) is 12.1 Å². The Labute approximate surface area is 188 Å². The van der Waals surface area contributed by atoms with Gasteiger partial charge in [0.15, 0.2) is 5.78 Å². The van der Waals surface area contributed by atoms with Crippen molar-refractivity contribution in [3.05, 3.63) is 72.4 Å². The Morgan fingerprint density at radius 2 is 1.84 bits per heavy atom. The number of aryl methyl sites for hydroxylation is 1. The fourth-order valence-corrected chi connectivity index (χ4v) is 4.04. The number of anilines is 1. The molecule has 3 aromatic heterocycles. The van der Waals surface area contributed by atoms with Crippen molar-refractivity contribution in [3.63, 3.8) is 0 Å². The molecule has 0 atom stereocenters. The van der Waals surface area contributed by atoms with Gasteiger partial charge in [0.05, 0.1) is 14.0 Å². The van der Waals surface area contributed by atoms with E-state index in [9.17, 15) is 4.79 Å². The van der Waals surface area contributed by atoms with E-state index in [1.165, 1.54) is 0 Å². The van der Waals surface area contributed by atoms with Crippen LogP contribution in [0.15, 0.2) is 61.2 Å². The maximum absolute atomic E-state index is 13.1. The molecule has 0 radical (unpaired) electrons. The summed E-state index contributed by atoms with van der Waals surface area (Å²) in [6.45, 7) is 3.76. The van der Waals surface area contributed by atoms with E-state index in [0.29, 0.717) is 11.3 Å². The minimum Gasteiger partial charge on any atom is -0.354 e. The summed E-state index contributed by atoms with van der Waals surface area (Å²) in [6, 6.07) is 11.4. The average molecular weight is 428 g/mol. The fraction of sp³-hybridized carbons (Fsp3) is 0.280. The largest absolute Gasteiger partial charge is 0.354 e. The van der Waals surface area contributed by atoms with Crippen LogP contribution in [0.5, 0.6) is 0 Å². The molecule has 4 heterocycles. The summed E-state index contributed by atoms with van der Waals surface area (Å²) in [4.78, 5) is 26.4. The van der Waals surface area contributed by atoms with Crippen molar-refractivity contribution in [1.29, 1.82) is 0 Å². The Morgan fingerprint density at radius 1 is 1.00 bits per heavy atom. The van der Waals surface area contributed by atoms with Gasteiger partial charge >= 0.3 is 0 Å². The molecule has 5 rings (SSSR count). The van der Waals surface area contributed by atoms with E-state index in [0.717, 1.165) is 53.9 Å². The zero-order valence-electron chi connectivity index (χ0n) is 19.3. The smallest absolute Gasteiger partial charge is 0.169 e. The summed E-state index contributed by atoms with van der Waals surface area (Å²) in [5.41, 5.74) is 3.24. The molecule has 32 heavy (non-hydrogen) atoms. The summed E-state index contributed by atoms with van der Waals surface area (Å²) in [5, 5.41) is 5.90. The van der Waals surface area contributed by atoms with Crippen molar-refractivity contribution in [2.75, 3.05) is 38.1 Å². The van der Waals surface area contributed by atoms with E-state index < -0.39 is 0 Å². The SMILES string of the molecule is [2H]c1nc(CC(=O)c2ccnc(N3CCN(C)CC3)c2)cc2cc(-c3cnn(C)c3)ccc12. The zero-order valence-corrected chi connectivity index (χ0v) is 18.3. The summed E-state index contributed by atoms with van der Waals surface area (Å²) in [7, 11) is 4.00. The van der Waals surface area contributed by atoms with Crippen LogP contribution in [0.25, 0.3) is 21.9 Å². The number of pyridine rings is 2. The number of carbonyl (C=O) groups is 1. The van der Waals surface area contributed by atoms with Crippen LogP contribution in [0.1, 0.15) is 17.4 Å². The number of likely N-dealkylation sites (N-methyl/N-ethyl adjacent to an activating group) is 1. The molecule has 4 aromatic rings. The third kappa shape index (κ3) is 4.24. The van der Waals surface area contributed by atoms with Gasteiger partial charge in [0, 0.05) is 74.0 Å². The third-order valence-corrected chi connectivity index (χ3v) is 5.97. The van der Waals surface area contributed by atoms with Crippen molar-refractivity contribution >= 4 is 22.4 Å². The number of rotatable bonds is 5. The average Bonchev–Trinajstić information content (AvgIpc) is 3.25. The van der Waals surface area contributed by atoms with Crippen molar-refractivity contribution in [3.8, 4) is 11.1 Å². The molecule has 1 aromatic carbocycles. The van der Waals surface area contributed by atoms with Gasteiger partial charge in [0.25, 0.3) is 0 Å². The molecule has 1 saturated heterocycles. The first-order chi connectivity index (χ1) is 16.0. The minimum absolute atomic E-state index is 0.0255. The van der Waals surface area contributed by atoms with Gasteiger partial charge in [-0.3, -0.25) is 14.5 Å². The monoisotopic (exact) mass is 427 g/mol. The van der Waals surface area contributed by atoms with Crippen LogP contribution in [0.3, 0.4) is 0 Å². The van der Waals surface area contributed by atoms with Gasteiger partial charge in [0.2, 0.25) is 0 Å². The molecule has 0 saturated carbocycles. The van der Waals surface area contributed by atoms with Crippen LogP contribution in [0, 0.1) is 0 Å². The number of ketones is 1. The highest BCUT2D eigenvalue weighted by Gasteiger charge is 2.17. The number of benzene rings is 1. The lowest BCUT2D eigenvalue weighted by Crippen LogP contribution is -2.44. The second kappa shape index (κ2) is 8.51. The molecule has 0 N–H and O–H groups in total. The summed E-state index contributed by atoms with van der Waals surface area (Å²) >= 11 is 0. The van der Waals surface area contributed by atoms with E-state index in [2.05, 4.69) is 31.9 Å². The number of carbonyl (C=O) groups excluding carboxylic acids is 1.